The summed E-state index contributed by atoms with van der Waals surface area (Å²) in [5.41, 5.74) is 0. The Morgan fingerprint density at radius 2 is 0.967 bits per heavy atom. The summed E-state index contributed by atoms with van der Waals surface area (Å²) in [4.78, 5) is 24.0. The Labute approximate surface area is 183 Å². The van der Waals surface area contributed by atoms with Crippen LogP contribution in [0.15, 0.2) is 24.3 Å². The van der Waals surface area contributed by atoms with Gasteiger partial charge in [0, 0.05) is 12.8 Å². The Morgan fingerprint density at radius 3 is 1.27 bits per heavy atom. The summed E-state index contributed by atoms with van der Waals surface area (Å²) >= 11 is 0. The SMILES string of the molecule is CCC(CC)CCCCC(=O)Oc1ccc(OC(=O)CCCCC(CC)CC)cc1. The van der Waals surface area contributed by atoms with E-state index in [1.165, 1.54) is 38.5 Å². The third kappa shape index (κ3) is 11.4. The van der Waals surface area contributed by atoms with E-state index in [4.69, 9.17) is 9.47 Å². The molecule has 0 radical (unpaired) electrons. The molecule has 0 aromatic heterocycles. The number of unbranched alkanes of at least 4 members (excludes halogenated alkanes) is 2. The largest absolute Gasteiger partial charge is 0.427 e. The van der Waals surface area contributed by atoms with Crippen LogP contribution in [-0.4, -0.2) is 11.9 Å². The highest BCUT2D eigenvalue weighted by Crippen LogP contribution is 2.21. The summed E-state index contributed by atoms with van der Waals surface area (Å²) < 4.78 is 10.8. The molecule has 0 unspecified atom stereocenters. The Kier molecular flexibility index (Phi) is 13.9. The maximum Gasteiger partial charge on any atom is 0.311 e. The molecule has 0 aliphatic rings. The van der Waals surface area contributed by atoms with Crippen molar-refractivity contribution in [1.82, 2.24) is 0 Å². The molecule has 0 aliphatic heterocycles. The molecule has 30 heavy (non-hydrogen) atoms. The summed E-state index contributed by atoms with van der Waals surface area (Å²) in [6.45, 7) is 8.88. The Bertz CT molecular complexity index is 533. The van der Waals surface area contributed by atoms with E-state index in [-0.39, 0.29) is 11.9 Å². The van der Waals surface area contributed by atoms with Crippen LogP contribution < -0.4 is 9.47 Å². The molecule has 0 saturated carbocycles. The normalized spacial score (nSPS) is 11.1. The quantitative estimate of drug-likeness (QED) is 0.158. The molecule has 0 spiro atoms. The predicted octanol–water partition coefficient (Wildman–Crippen LogP) is 7.49. The minimum absolute atomic E-state index is 0.207. The van der Waals surface area contributed by atoms with Gasteiger partial charge in [-0.1, -0.05) is 79.1 Å². The number of esters is 2. The Hall–Kier alpha value is -1.84. The minimum Gasteiger partial charge on any atom is -0.427 e. The standard InChI is InChI=1S/C26H42O4/c1-5-21(6-2)13-9-11-15-25(27)29-23-17-19-24(20-18-23)30-26(28)16-12-10-14-22(7-3)8-4/h17-22H,5-16H2,1-4H3. The summed E-state index contributed by atoms with van der Waals surface area (Å²) in [6.07, 6.45) is 11.9. The topological polar surface area (TPSA) is 52.6 Å². The van der Waals surface area contributed by atoms with Crippen molar-refractivity contribution in [2.24, 2.45) is 11.8 Å². The second kappa shape index (κ2) is 15.9. The predicted molar refractivity (Wildman–Crippen MR) is 123 cm³/mol. The van der Waals surface area contributed by atoms with E-state index in [2.05, 4.69) is 27.7 Å². The number of ether oxygens (including phenoxy) is 2. The van der Waals surface area contributed by atoms with Gasteiger partial charge in [-0.05, 0) is 48.9 Å². The van der Waals surface area contributed by atoms with Crippen molar-refractivity contribution in [3.05, 3.63) is 24.3 Å². The van der Waals surface area contributed by atoms with Gasteiger partial charge >= 0.3 is 11.9 Å². The smallest absolute Gasteiger partial charge is 0.311 e. The molecule has 0 aliphatic carbocycles. The first-order valence-corrected chi connectivity index (χ1v) is 12.0. The van der Waals surface area contributed by atoms with E-state index in [0.29, 0.717) is 24.3 Å². The van der Waals surface area contributed by atoms with E-state index in [9.17, 15) is 9.59 Å². The number of rotatable bonds is 16. The van der Waals surface area contributed by atoms with Crippen LogP contribution in [0.5, 0.6) is 11.5 Å². The lowest BCUT2D eigenvalue weighted by Crippen LogP contribution is -2.09. The van der Waals surface area contributed by atoms with Crippen molar-refractivity contribution in [3.63, 3.8) is 0 Å². The first kappa shape index (κ1) is 26.2. The van der Waals surface area contributed by atoms with Crippen molar-refractivity contribution in [2.45, 2.75) is 105 Å². The third-order valence-corrected chi connectivity index (χ3v) is 6.08. The summed E-state index contributed by atoms with van der Waals surface area (Å²) in [5.74, 6) is 2.10. The zero-order chi connectivity index (χ0) is 22.2. The molecule has 0 saturated heterocycles. The fourth-order valence-electron chi connectivity index (χ4n) is 3.74. The maximum atomic E-state index is 12.0. The number of benzene rings is 1. The highest BCUT2D eigenvalue weighted by Gasteiger charge is 2.09. The molecule has 0 N–H and O–H groups in total. The first-order chi connectivity index (χ1) is 14.5. The van der Waals surface area contributed by atoms with Crippen LogP contribution in [0.1, 0.15) is 105 Å². The van der Waals surface area contributed by atoms with E-state index >= 15 is 0 Å². The van der Waals surface area contributed by atoms with Gasteiger partial charge in [-0.2, -0.15) is 0 Å². The van der Waals surface area contributed by atoms with Gasteiger partial charge in [-0.15, -0.1) is 0 Å². The van der Waals surface area contributed by atoms with Gasteiger partial charge in [0.15, 0.2) is 0 Å². The molecule has 4 heteroatoms. The lowest BCUT2D eigenvalue weighted by atomic mass is 9.96. The molecule has 1 aromatic carbocycles. The highest BCUT2D eigenvalue weighted by molar-refractivity contribution is 5.73. The molecule has 1 rings (SSSR count). The fourth-order valence-corrected chi connectivity index (χ4v) is 3.74. The van der Waals surface area contributed by atoms with Crippen LogP contribution in [0.2, 0.25) is 0 Å². The molecule has 1 aromatic rings. The van der Waals surface area contributed by atoms with Crippen LogP contribution in [0.3, 0.4) is 0 Å². The molecule has 0 fully saturated rings. The molecule has 0 heterocycles. The minimum atomic E-state index is -0.207. The van der Waals surface area contributed by atoms with Gasteiger partial charge in [0.05, 0.1) is 0 Å². The second-order valence-electron chi connectivity index (χ2n) is 8.28. The van der Waals surface area contributed by atoms with Gasteiger partial charge in [-0.25, -0.2) is 0 Å². The van der Waals surface area contributed by atoms with Crippen molar-refractivity contribution in [1.29, 1.82) is 0 Å². The van der Waals surface area contributed by atoms with E-state index in [0.717, 1.165) is 37.5 Å². The van der Waals surface area contributed by atoms with E-state index in [1.807, 2.05) is 0 Å². The Balaban J connectivity index is 2.25. The van der Waals surface area contributed by atoms with Crippen molar-refractivity contribution in [3.8, 4) is 11.5 Å². The third-order valence-electron chi connectivity index (χ3n) is 6.08. The summed E-state index contributed by atoms with van der Waals surface area (Å²) in [5, 5.41) is 0. The average molecular weight is 419 g/mol. The van der Waals surface area contributed by atoms with E-state index < -0.39 is 0 Å². The lowest BCUT2D eigenvalue weighted by molar-refractivity contribution is -0.135. The van der Waals surface area contributed by atoms with Crippen LogP contribution in [0, 0.1) is 11.8 Å². The summed E-state index contributed by atoms with van der Waals surface area (Å²) in [7, 11) is 0. The molecular weight excluding hydrogens is 376 g/mol. The van der Waals surface area contributed by atoms with Gasteiger partial charge in [0.1, 0.15) is 11.5 Å². The first-order valence-electron chi connectivity index (χ1n) is 12.0. The van der Waals surface area contributed by atoms with Gasteiger partial charge in [-0.3, -0.25) is 9.59 Å². The van der Waals surface area contributed by atoms with Crippen molar-refractivity contribution < 1.29 is 19.1 Å². The Morgan fingerprint density at radius 1 is 0.633 bits per heavy atom. The van der Waals surface area contributed by atoms with E-state index in [1.54, 1.807) is 24.3 Å². The number of hydrogen-bond acceptors (Lipinski definition) is 4. The second-order valence-corrected chi connectivity index (χ2v) is 8.28. The number of hydrogen-bond donors (Lipinski definition) is 0. The molecule has 0 atom stereocenters. The van der Waals surface area contributed by atoms with Gasteiger partial charge < -0.3 is 9.47 Å². The molecule has 0 amide bonds. The fraction of sp³-hybridized carbons (Fsp3) is 0.692. The zero-order valence-electron chi connectivity index (χ0n) is 19.6. The average Bonchev–Trinajstić information content (AvgIpc) is 2.75. The van der Waals surface area contributed by atoms with Crippen LogP contribution in [0.25, 0.3) is 0 Å². The molecule has 170 valence electrons. The molecule has 0 bridgehead atoms. The zero-order valence-corrected chi connectivity index (χ0v) is 19.6. The monoisotopic (exact) mass is 418 g/mol. The lowest BCUT2D eigenvalue weighted by Gasteiger charge is -2.11. The van der Waals surface area contributed by atoms with Crippen LogP contribution >= 0.6 is 0 Å². The maximum absolute atomic E-state index is 12.0. The molecule has 4 nitrogen and oxygen atoms in total. The number of carbonyl (C=O) groups excluding carboxylic acids is 2. The number of carbonyl (C=O) groups is 2. The van der Waals surface area contributed by atoms with Gasteiger partial charge in [0.2, 0.25) is 0 Å². The van der Waals surface area contributed by atoms with Crippen LogP contribution in [0.4, 0.5) is 0 Å². The van der Waals surface area contributed by atoms with Crippen molar-refractivity contribution in [2.75, 3.05) is 0 Å². The van der Waals surface area contributed by atoms with Crippen molar-refractivity contribution >= 4 is 11.9 Å². The highest BCUT2D eigenvalue weighted by atomic mass is 16.5. The summed E-state index contributed by atoms with van der Waals surface area (Å²) in [6, 6.07) is 6.71. The molecular formula is C26H42O4. The van der Waals surface area contributed by atoms with Crippen LogP contribution in [-0.2, 0) is 9.59 Å². The van der Waals surface area contributed by atoms with Gasteiger partial charge in [0.25, 0.3) is 0 Å².